The van der Waals surface area contributed by atoms with E-state index in [0.29, 0.717) is 12.8 Å². The van der Waals surface area contributed by atoms with Gasteiger partial charge in [0.05, 0.1) is 19.6 Å². The van der Waals surface area contributed by atoms with E-state index < -0.39 is 30.0 Å². The standard InChI is InChI=1S/2C18H15N3O6S.Ba/c2*1-2-11-6-8-15(21(23)24)14(10-11)19-20-18-13-4-3-5-17(28(25,26)27)12(13)7-9-16(18)22;/h2*3-10H,2H2,1H3,(H2-,19,22,23,24,25,26,27);/q;;+2. The monoisotopic (exact) mass is 940 g/mol. The second-order valence-corrected chi connectivity index (χ2v) is 14.5. The minimum Gasteiger partial charge on any atom is -0.744 e. The first-order valence-electron chi connectivity index (χ1n) is 16.3. The zero-order valence-electron chi connectivity index (χ0n) is 29.9. The molecule has 288 valence electrons. The quantitative estimate of drug-likeness (QED) is 0.0439. The minimum absolute atomic E-state index is 0. The maximum Gasteiger partial charge on any atom is 2.00 e. The van der Waals surface area contributed by atoms with Gasteiger partial charge in [0.15, 0.2) is 11.4 Å². The van der Waals surface area contributed by atoms with E-state index in [0.717, 1.165) is 23.3 Å². The summed E-state index contributed by atoms with van der Waals surface area (Å²) in [5.74, 6) is -0.597. The maximum absolute atomic E-state index is 11.5. The van der Waals surface area contributed by atoms with Gasteiger partial charge in [-0.2, -0.15) is 0 Å². The summed E-state index contributed by atoms with van der Waals surface area (Å²) < 4.78 is 68.8. The van der Waals surface area contributed by atoms with Crippen LogP contribution >= 0.6 is 0 Å². The average molecular weight is 940 g/mol. The van der Waals surface area contributed by atoms with E-state index in [2.05, 4.69) is 20.5 Å². The molecule has 0 aromatic heterocycles. The number of phenolic OH excluding ortho intramolecular Hbond substituents is 2. The molecule has 0 radical (unpaired) electrons. The van der Waals surface area contributed by atoms with E-state index in [-0.39, 0.29) is 126 Å². The van der Waals surface area contributed by atoms with Crippen molar-refractivity contribution in [2.75, 3.05) is 0 Å². The summed E-state index contributed by atoms with van der Waals surface area (Å²) in [6, 6.07) is 22.1. The fourth-order valence-corrected chi connectivity index (χ4v) is 6.90. The third-order valence-electron chi connectivity index (χ3n) is 8.31. The summed E-state index contributed by atoms with van der Waals surface area (Å²) in [5.41, 5.74) is 1.33. The van der Waals surface area contributed by atoms with E-state index in [4.69, 9.17) is 0 Å². The largest absolute Gasteiger partial charge is 2.00 e. The molecule has 0 aliphatic rings. The van der Waals surface area contributed by atoms with Crippen molar-refractivity contribution in [2.45, 2.75) is 36.5 Å². The number of fused-ring (bicyclic) bond motifs is 2. The summed E-state index contributed by atoms with van der Waals surface area (Å²) in [5, 5.41) is 55.1. The first-order chi connectivity index (χ1) is 26.4. The average Bonchev–Trinajstić information content (AvgIpc) is 3.15. The summed E-state index contributed by atoms with van der Waals surface area (Å²) in [7, 11) is -9.48. The Morgan fingerprint density at radius 2 is 0.912 bits per heavy atom. The number of hydrogen-bond acceptors (Lipinski definition) is 14. The number of azo groups is 2. The van der Waals surface area contributed by atoms with Gasteiger partial charge in [-0.05, 0) is 72.5 Å². The molecule has 0 saturated carbocycles. The van der Waals surface area contributed by atoms with Crippen molar-refractivity contribution < 1.29 is 56.4 Å². The number of hydrogen-bond donors (Lipinski definition) is 4. The van der Waals surface area contributed by atoms with Crippen molar-refractivity contribution in [1.29, 1.82) is 0 Å². The molecule has 18 nitrogen and oxygen atoms in total. The molecular formula is C36H30BaN6O12S2+2. The molecule has 6 aromatic carbocycles. The van der Waals surface area contributed by atoms with Crippen molar-refractivity contribution in [3.8, 4) is 11.5 Å². The van der Waals surface area contributed by atoms with Crippen molar-refractivity contribution >= 4 is 125 Å². The van der Waals surface area contributed by atoms with Gasteiger partial charge in [-0.1, -0.05) is 50.2 Å². The van der Waals surface area contributed by atoms with Crippen molar-refractivity contribution in [3.05, 3.63) is 118 Å². The molecule has 0 atom stereocenters. The Balaban J connectivity index is 0.000000248. The molecule has 6 rings (SSSR count). The molecule has 0 unspecified atom stereocenters. The van der Waals surface area contributed by atoms with Crippen LogP contribution in [0.25, 0.3) is 21.5 Å². The third-order valence-corrected chi connectivity index (χ3v) is 10.1. The second-order valence-electron chi connectivity index (χ2n) is 11.8. The van der Waals surface area contributed by atoms with Gasteiger partial charge in [0.2, 0.25) is 0 Å². The molecule has 4 N–H and O–H groups in total. The van der Waals surface area contributed by atoms with E-state index >= 15 is 0 Å². The normalized spacial score (nSPS) is 11.7. The second kappa shape index (κ2) is 18.4. The summed E-state index contributed by atoms with van der Waals surface area (Å²) >= 11 is 0. The van der Waals surface area contributed by atoms with Crippen LogP contribution in [0.2, 0.25) is 0 Å². The molecule has 0 heterocycles. The first-order valence-corrected chi connectivity index (χ1v) is 19.1. The Morgan fingerprint density at radius 1 is 0.544 bits per heavy atom. The van der Waals surface area contributed by atoms with Gasteiger partial charge in [-0.3, -0.25) is 0 Å². The van der Waals surface area contributed by atoms with Gasteiger partial charge >= 0.3 is 60.3 Å². The van der Waals surface area contributed by atoms with Crippen LogP contribution < -0.4 is 0 Å². The molecule has 0 amide bonds. The summed E-state index contributed by atoms with van der Waals surface area (Å²) in [6.07, 6.45) is 1.30. The smallest absolute Gasteiger partial charge is 0.744 e. The van der Waals surface area contributed by atoms with Crippen LogP contribution in [0.1, 0.15) is 25.0 Å². The van der Waals surface area contributed by atoms with Crippen molar-refractivity contribution in [2.24, 2.45) is 20.5 Å². The third kappa shape index (κ3) is 10.2. The molecule has 0 fully saturated rings. The number of aromatic hydroxyl groups is 2. The van der Waals surface area contributed by atoms with Gasteiger partial charge in [-0.25, -0.2) is 27.3 Å². The van der Waals surface area contributed by atoms with Crippen LogP contribution in [0.3, 0.4) is 0 Å². The first kappa shape index (κ1) is 44.5. The van der Waals surface area contributed by atoms with Gasteiger partial charge in [0.1, 0.15) is 43.1 Å². The van der Waals surface area contributed by atoms with Crippen LogP contribution in [0, 0.1) is 9.81 Å². The number of nitrogens with zero attached hydrogens (tertiary/aromatic N) is 6. The van der Waals surface area contributed by atoms with Crippen molar-refractivity contribution in [1.82, 2.24) is 0 Å². The molecule has 21 heteroatoms. The fraction of sp³-hybridized carbons (Fsp3) is 0.111. The fourth-order valence-electron chi connectivity index (χ4n) is 5.52. The Kier molecular flexibility index (Phi) is 14.4. The maximum atomic E-state index is 11.5. The number of aryl methyl sites for hydroxylation is 2. The van der Waals surface area contributed by atoms with Crippen LogP contribution in [-0.4, -0.2) is 105 Å². The van der Waals surface area contributed by atoms with Crippen molar-refractivity contribution in [3.63, 3.8) is 0 Å². The van der Waals surface area contributed by atoms with Crippen LogP contribution in [-0.2, 0) is 33.1 Å². The molecule has 6 aromatic rings. The number of phenols is 2. The number of benzene rings is 6. The van der Waals surface area contributed by atoms with Gasteiger partial charge in [-0.15, -0.1) is 20.5 Å². The molecule has 0 aliphatic heterocycles. The Labute approximate surface area is 364 Å². The Bertz CT molecular complexity index is 2640. The summed E-state index contributed by atoms with van der Waals surface area (Å²) in [4.78, 5) is 21.1. The predicted octanol–water partition coefficient (Wildman–Crippen LogP) is 8.07. The van der Waals surface area contributed by atoms with Crippen LogP contribution in [0.4, 0.5) is 34.1 Å². The molecule has 0 saturated heterocycles. The topological polar surface area (TPSA) is 285 Å². The van der Waals surface area contributed by atoms with E-state index in [1.54, 1.807) is 24.3 Å². The minimum atomic E-state index is -4.74. The van der Waals surface area contributed by atoms with Gasteiger partial charge < -0.3 is 19.3 Å². The summed E-state index contributed by atoms with van der Waals surface area (Å²) in [6.45, 7) is 3.79. The molecule has 0 spiro atoms. The zero-order valence-corrected chi connectivity index (χ0v) is 36.0. The Hall–Kier alpha value is -5.17. The van der Waals surface area contributed by atoms with Crippen LogP contribution in [0.5, 0.6) is 11.5 Å². The molecule has 0 aliphatic carbocycles. The Morgan fingerprint density at radius 3 is 1.23 bits per heavy atom. The zero-order chi connectivity index (χ0) is 40.9. The molecule has 57 heavy (non-hydrogen) atoms. The van der Waals surface area contributed by atoms with E-state index in [1.807, 2.05) is 13.8 Å². The molecule has 0 bridgehead atoms. The number of rotatable bonds is 10. The molecular weight excluding hydrogens is 910 g/mol. The van der Waals surface area contributed by atoms with E-state index in [9.17, 15) is 56.4 Å². The van der Waals surface area contributed by atoms with Gasteiger partial charge in [0, 0.05) is 33.7 Å². The predicted molar refractivity (Wildman–Crippen MR) is 203 cm³/mol. The van der Waals surface area contributed by atoms with Crippen LogP contribution in [0.15, 0.2) is 127 Å². The SMILES string of the molecule is CCc1ccc([N+](=O)O)c(N=Nc2c(O)ccc3c(S(=O)(=O)[O-])cccc23)c1.CCc1ccc([N+](=O)O)c(N=Nc2c(O)ccc3c(S(=O)(=O)[O-])cccc23)c1.[Ba+2]. The van der Waals surface area contributed by atoms with E-state index in [1.165, 1.54) is 60.7 Å². The van der Waals surface area contributed by atoms with Gasteiger partial charge in [0.25, 0.3) is 9.85 Å².